The minimum absolute atomic E-state index is 0.0151. The summed E-state index contributed by atoms with van der Waals surface area (Å²) in [4.78, 5) is 25.7. The molecule has 0 radical (unpaired) electrons. The van der Waals surface area contributed by atoms with E-state index in [4.69, 9.17) is 0 Å². The molecule has 0 saturated carbocycles. The first-order chi connectivity index (χ1) is 12.0. The van der Waals surface area contributed by atoms with Gasteiger partial charge in [-0.3, -0.25) is 9.78 Å². The number of amides is 1. The molecule has 1 N–H and O–H groups in total. The van der Waals surface area contributed by atoms with E-state index in [0.29, 0.717) is 30.2 Å². The second-order valence-electron chi connectivity index (χ2n) is 6.00. The molecule has 2 aromatic heterocycles. The predicted molar refractivity (Wildman–Crippen MR) is 88.5 cm³/mol. The molecule has 1 saturated heterocycles. The Balaban J connectivity index is 1.59. The predicted octanol–water partition coefficient (Wildman–Crippen LogP) is 2.83. The summed E-state index contributed by atoms with van der Waals surface area (Å²) >= 11 is 0. The Morgan fingerprint density at radius 3 is 2.56 bits per heavy atom. The summed E-state index contributed by atoms with van der Waals surface area (Å²) < 4.78 is 25.6. The summed E-state index contributed by atoms with van der Waals surface area (Å²) in [7, 11) is 0. The van der Waals surface area contributed by atoms with Crippen LogP contribution in [0, 0.1) is 6.92 Å². The fourth-order valence-corrected chi connectivity index (χ4v) is 2.88. The van der Waals surface area contributed by atoms with E-state index in [-0.39, 0.29) is 11.9 Å². The highest BCUT2D eigenvalue weighted by molar-refractivity contribution is 5.94. The van der Waals surface area contributed by atoms with Crippen LogP contribution in [-0.2, 0) is 0 Å². The van der Waals surface area contributed by atoms with Crippen LogP contribution in [-0.4, -0.2) is 44.9 Å². The quantitative estimate of drug-likeness (QED) is 0.921. The lowest BCUT2D eigenvalue weighted by Gasteiger charge is -2.32. The van der Waals surface area contributed by atoms with E-state index in [2.05, 4.69) is 20.3 Å². The van der Waals surface area contributed by atoms with Crippen molar-refractivity contribution in [3.8, 4) is 0 Å². The second-order valence-corrected chi connectivity index (χ2v) is 6.00. The van der Waals surface area contributed by atoms with Gasteiger partial charge in [-0.25, -0.2) is 18.7 Å². The standard InChI is InChI=1S/C17H19F2N5O/c1-11-10-14(23-16(21-11)15(18)19)22-13-4-8-24(9-5-13)17(25)12-2-6-20-7-3-12/h2-3,6-7,10,13,15H,4-5,8-9H2,1H3,(H,21,22,23). The molecule has 1 amide bonds. The zero-order valence-corrected chi connectivity index (χ0v) is 13.8. The average molecular weight is 347 g/mol. The molecule has 3 heterocycles. The number of carbonyl (C=O) groups excluding carboxylic acids is 1. The molecule has 0 aromatic carbocycles. The number of piperidine rings is 1. The Hall–Kier alpha value is -2.64. The van der Waals surface area contributed by atoms with Crippen LogP contribution in [0.5, 0.6) is 0 Å². The monoisotopic (exact) mass is 347 g/mol. The average Bonchev–Trinajstić information content (AvgIpc) is 2.62. The first-order valence-corrected chi connectivity index (χ1v) is 8.12. The zero-order valence-electron chi connectivity index (χ0n) is 13.8. The van der Waals surface area contributed by atoms with Crippen LogP contribution in [0.3, 0.4) is 0 Å². The Kier molecular flexibility index (Phi) is 5.16. The van der Waals surface area contributed by atoms with E-state index < -0.39 is 12.2 Å². The summed E-state index contributed by atoms with van der Waals surface area (Å²) in [5, 5.41) is 3.18. The number of pyridine rings is 1. The zero-order chi connectivity index (χ0) is 17.8. The van der Waals surface area contributed by atoms with Gasteiger partial charge in [-0.1, -0.05) is 0 Å². The molecule has 0 aliphatic carbocycles. The van der Waals surface area contributed by atoms with Crippen molar-refractivity contribution in [2.24, 2.45) is 0 Å². The molecule has 1 aliphatic heterocycles. The summed E-state index contributed by atoms with van der Waals surface area (Å²) in [6, 6.07) is 5.13. The summed E-state index contributed by atoms with van der Waals surface area (Å²) in [6.07, 6.45) is 1.95. The Bertz CT molecular complexity index is 733. The number of anilines is 1. The molecule has 8 heteroatoms. The number of rotatable bonds is 4. The van der Waals surface area contributed by atoms with Gasteiger partial charge < -0.3 is 10.2 Å². The van der Waals surface area contributed by atoms with E-state index in [0.717, 1.165) is 12.8 Å². The first kappa shape index (κ1) is 17.2. The number of hydrogen-bond donors (Lipinski definition) is 1. The highest BCUT2D eigenvalue weighted by Gasteiger charge is 2.24. The minimum atomic E-state index is -2.69. The van der Waals surface area contributed by atoms with Crippen LogP contribution < -0.4 is 5.32 Å². The van der Waals surface area contributed by atoms with Crippen molar-refractivity contribution in [2.75, 3.05) is 18.4 Å². The van der Waals surface area contributed by atoms with Gasteiger partial charge in [0, 0.05) is 48.8 Å². The van der Waals surface area contributed by atoms with Gasteiger partial charge in [-0.05, 0) is 31.9 Å². The molecule has 0 spiro atoms. The van der Waals surface area contributed by atoms with Crippen LogP contribution in [0.2, 0.25) is 0 Å². The van der Waals surface area contributed by atoms with Gasteiger partial charge in [0.15, 0.2) is 5.82 Å². The van der Waals surface area contributed by atoms with E-state index in [1.54, 1.807) is 42.4 Å². The molecule has 0 bridgehead atoms. The Morgan fingerprint density at radius 2 is 1.92 bits per heavy atom. The normalized spacial score (nSPS) is 15.4. The van der Waals surface area contributed by atoms with Gasteiger partial charge in [0.25, 0.3) is 12.3 Å². The molecule has 3 rings (SSSR count). The number of halogens is 2. The number of aromatic nitrogens is 3. The Labute approximate surface area is 144 Å². The smallest absolute Gasteiger partial charge is 0.297 e. The molecule has 0 atom stereocenters. The first-order valence-electron chi connectivity index (χ1n) is 8.12. The number of alkyl halides is 2. The van der Waals surface area contributed by atoms with Crippen molar-refractivity contribution in [3.63, 3.8) is 0 Å². The SMILES string of the molecule is Cc1cc(NC2CCN(C(=O)c3ccncc3)CC2)nc(C(F)F)n1. The molecule has 25 heavy (non-hydrogen) atoms. The van der Waals surface area contributed by atoms with Crippen molar-refractivity contribution in [1.82, 2.24) is 19.9 Å². The molecule has 2 aromatic rings. The number of nitrogens with one attached hydrogen (secondary N) is 1. The maximum atomic E-state index is 12.8. The molecule has 1 aliphatic rings. The fourth-order valence-electron chi connectivity index (χ4n) is 2.88. The van der Waals surface area contributed by atoms with Crippen molar-refractivity contribution < 1.29 is 13.6 Å². The van der Waals surface area contributed by atoms with Crippen LogP contribution >= 0.6 is 0 Å². The molecular weight excluding hydrogens is 328 g/mol. The summed E-state index contributed by atoms with van der Waals surface area (Å²) in [6.45, 7) is 2.86. The number of likely N-dealkylation sites (tertiary alicyclic amines) is 1. The van der Waals surface area contributed by atoms with Crippen molar-refractivity contribution in [2.45, 2.75) is 32.2 Å². The van der Waals surface area contributed by atoms with E-state index >= 15 is 0 Å². The molecule has 0 unspecified atom stereocenters. The highest BCUT2D eigenvalue weighted by atomic mass is 19.3. The third kappa shape index (κ3) is 4.26. The van der Waals surface area contributed by atoms with Gasteiger partial charge in [0.2, 0.25) is 0 Å². The number of hydrogen-bond acceptors (Lipinski definition) is 5. The number of carbonyl (C=O) groups is 1. The lowest BCUT2D eigenvalue weighted by molar-refractivity contribution is 0.0718. The third-order valence-electron chi connectivity index (χ3n) is 4.13. The van der Waals surface area contributed by atoms with Crippen LogP contribution in [0.1, 0.15) is 41.1 Å². The maximum absolute atomic E-state index is 12.8. The van der Waals surface area contributed by atoms with Crippen LogP contribution in [0.25, 0.3) is 0 Å². The van der Waals surface area contributed by atoms with Crippen LogP contribution in [0.15, 0.2) is 30.6 Å². The molecule has 1 fully saturated rings. The van der Waals surface area contributed by atoms with Gasteiger partial charge in [-0.2, -0.15) is 0 Å². The van der Waals surface area contributed by atoms with Crippen molar-refractivity contribution >= 4 is 11.7 Å². The lowest BCUT2D eigenvalue weighted by Crippen LogP contribution is -2.42. The largest absolute Gasteiger partial charge is 0.367 e. The van der Waals surface area contributed by atoms with E-state index in [1.165, 1.54) is 0 Å². The van der Waals surface area contributed by atoms with Gasteiger partial charge in [0.05, 0.1) is 0 Å². The van der Waals surface area contributed by atoms with E-state index in [9.17, 15) is 13.6 Å². The highest BCUT2D eigenvalue weighted by Crippen LogP contribution is 2.20. The van der Waals surface area contributed by atoms with E-state index in [1.807, 2.05) is 0 Å². The molecule has 6 nitrogen and oxygen atoms in total. The van der Waals surface area contributed by atoms with Crippen molar-refractivity contribution in [1.29, 1.82) is 0 Å². The van der Waals surface area contributed by atoms with Gasteiger partial charge in [0.1, 0.15) is 5.82 Å². The lowest BCUT2D eigenvalue weighted by atomic mass is 10.0. The van der Waals surface area contributed by atoms with Crippen LogP contribution in [0.4, 0.5) is 14.6 Å². The molecular formula is C17H19F2N5O. The number of nitrogens with zero attached hydrogens (tertiary/aromatic N) is 4. The van der Waals surface area contributed by atoms with Crippen molar-refractivity contribution in [3.05, 3.63) is 47.7 Å². The number of aryl methyl sites for hydroxylation is 1. The fraction of sp³-hybridized carbons (Fsp3) is 0.412. The Morgan fingerprint density at radius 1 is 1.24 bits per heavy atom. The van der Waals surface area contributed by atoms with Gasteiger partial charge in [-0.15, -0.1) is 0 Å². The summed E-state index contributed by atoms with van der Waals surface area (Å²) in [5.74, 6) is -0.0757. The van der Waals surface area contributed by atoms with Gasteiger partial charge >= 0.3 is 0 Å². The summed E-state index contributed by atoms with van der Waals surface area (Å²) in [5.41, 5.74) is 1.12. The third-order valence-corrected chi connectivity index (χ3v) is 4.13. The minimum Gasteiger partial charge on any atom is -0.367 e. The second kappa shape index (κ2) is 7.50. The topological polar surface area (TPSA) is 71.0 Å². The maximum Gasteiger partial charge on any atom is 0.297 e. The molecule has 132 valence electrons.